The van der Waals surface area contributed by atoms with E-state index in [4.69, 9.17) is 5.73 Å². The van der Waals surface area contributed by atoms with E-state index in [1.54, 1.807) is 0 Å². The first-order valence-electron chi connectivity index (χ1n) is 4.48. The number of rotatable bonds is 4. The number of carbonyl (C=O) groups is 1. The van der Waals surface area contributed by atoms with Gasteiger partial charge in [0.25, 0.3) is 0 Å². The third-order valence-corrected chi connectivity index (χ3v) is 4.26. The molecule has 1 aromatic carbocycles. The first-order chi connectivity index (χ1) is 7.86. The summed E-state index contributed by atoms with van der Waals surface area (Å²) in [5.41, 5.74) is 5.93. The molecule has 0 atom stereocenters. The van der Waals surface area contributed by atoms with Crippen molar-refractivity contribution in [3.63, 3.8) is 0 Å². The monoisotopic (exact) mass is 322 g/mol. The van der Waals surface area contributed by atoms with Crippen molar-refractivity contribution in [1.29, 1.82) is 0 Å². The number of nitrogens with one attached hydrogen (secondary N) is 1. The molecule has 1 rings (SSSR count). The van der Waals surface area contributed by atoms with E-state index in [1.807, 2.05) is 0 Å². The molecule has 0 amide bonds. The zero-order valence-electron chi connectivity index (χ0n) is 8.94. The van der Waals surface area contributed by atoms with E-state index in [0.717, 1.165) is 0 Å². The number of hydrogen-bond donors (Lipinski definition) is 2. The van der Waals surface area contributed by atoms with Crippen molar-refractivity contribution in [3.05, 3.63) is 22.7 Å². The van der Waals surface area contributed by atoms with Gasteiger partial charge in [0.05, 0.1) is 12.0 Å². The van der Waals surface area contributed by atoms with Crippen LogP contribution in [0.1, 0.15) is 0 Å². The van der Waals surface area contributed by atoms with Gasteiger partial charge in [-0.05, 0) is 34.1 Å². The summed E-state index contributed by atoms with van der Waals surface area (Å²) < 4.78 is 30.4. The van der Waals surface area contributed by atoms with E-state index in [-0.39, 0.29) is 4.90 Å². The van der Waals surface area contributed by atoms with Gasteiger partial charge in [0.1, 0.15) is 6.54 Å². The minimum atomic E-state index is -3.77. The molecule has 0 aliphatic heterocycles. The number of hydrogen-bond acceptors (Lipinski definition) is 5. The molecule has 3 N–H and O–H groups in total. The minimum Gasteiger partial charge on any atom is -0.468 e. The second kappa shape index (κ2) is 5.48. The van der Waals surface area contributed by atoms with E-state index >= 15 is 0 Å². The van der Waals surface area contributed by atoms with Crippen LogP contribution in [0.25, 0.3) is 0 Å². The number of carbonyl (C=O) groups excluding carboxylic acids is 1. The molecule has 17 heavy (non-hydrogen) atoms. The summed E-state index contributed by atoms with van der Waals surface area (Å²) in [6, 6.07) is 4.27. The van der Waals surface area contributed by atoms with Gasteiger partial charge >= 0.3 is 5.97 Å². The number of ether oxygens (including phenoxy) is 1. The largest absolute Gasteiger partial charge is 0.468 e. The molecule has 0 spiro atoms. The van der Waals surface area contributed by atoms with Crippen LogP contribution in [-0.2, 0) is 19.6 Å². The van der Waals surface area contributed by atoms with Crippen molar-refractivity contribution in [2.75, 3.05) is 19.4 Å². The Morgan fingerprint density at radius 1 is 1.53 bits per heavy atom. The third-order valence-electron chi connectivity index (χ3n) is 1.88. The van der Waals surface area contributed by atoms with Gasteiger partial charge in [0.15, 0.2) is 0 Å². The van der Waals surface area contributed by atoms with Crippen molar-refractivity contribution < 1.29 is 17.9 Å². The highest BCUT2D eigenvalue weighted by atomic mass is 79.9. The van der Waals surface area contributed by atoms with Crippen LogP contribution >= 0.6 is 15.9 Å². The fourth-order valence-corrected chi connectivity index (χ4v) is 3.10. The summed E-state index contributed by atoms with van der Waals surface area (Å²) in [4.78, 5) is 10.9. The van der Waals surface area contributed by atoms with Gasteiger partial charge in [0, 0.05) is 10.2 Å². The number of sulfonamides is 1. The highest BCUT2D eigenvalue weighted by Gasteiger charge is 2.18. The Kier molecular flexibility index (Phi) is 4.49. The molecule has 94 valence electrons. The van der Waals surface area contributed by atoms with Gasteiger partial charge in [-0.15, -0.1) is 0 Å². The lowest BCUT2D eigenvalue weighted by Crippen LogP contribution is -2.30. The average Bonchev–Trinajstić information content (AvgIpc) is 2.25. The van der Waals surface area contributed by atoms with Gasteiger partial charge in [0.2, 0.25) is 10.0 Å². The number of anilines is 1. The molecule has 0 fully saturated rings. The Morgan fingerprint density at radius 3 is 2.71 bits per heavy atom. The number of esters is 1. The molecule has 0 radical (unpaired) electrons. The lowest BCUT2D eigenvalue weighted by Gasteiger charge is -2.08. The fourth-order valence-electron chi connectivity index (χ4n) is 1.04. The second-order valence-corrected chi connectivity index (χ2v) is 5.68. The van der Waals surface area contributed by atoms with Crippen molar-refractivity contribution in [2.24, 2.45) is 0 Å². The number of nitrogens with two attached hydrogens (primary N) is 1. The summed E-state index contributed by atoms with van der Waals surface area (Å²) >= 11 is 3.09. The van der Waals surface area contributed by atoms with Gasteiger partial charge in [-0.2, -0.15) is 4.72 Å². The fraction of sp³-hybridized carbons (Fsp3) is 0.222. The first kappa shape index (κ1) is 13.9. The third kappa shape index (κ3) is 3.69. The molecular formula is C9H11BrN2O4S. The standard InChI is InChI=1S/C9H11BrN2O4S/c1-16-9(13)5-12-17(14,15)8-3-2-6(11)4-7(8)10/h2-4,12H,5,11H2,1H3. The van der Waals surface area contributed by atoms with Crippen LogP contribution in [-0.4, -0.2) is 28.0 Å². The zero-order valence-corrected chi connectivity index (χ0v) is 11.3. The molecule has 0 unspecified atom stereocenters. The molecule has 0 saturated carbocycles. The molecular weight excluding hydrogens is 312 g/mol. The predicted molar refractivity (Wildman–Crippen MR) is 65.8 cm³/mol. The Morgan fingerprint density at radius 2 is 2.18 bits per heavy atom. The molecule has 1 aromatic rings. The Balaban J connectivity index is 2.94. The van der Waals surface area contributed by atoms with E-state index in [2.05, 4.69) is 25.4 Å². The SMILES string of the molecule is COC(=O)CNS(=O)(=O)c1ccc(N)cc1Br. The zero-order chi connectivity index (χ0) is 13.1. The van der Waals surface area contributed by atoms with E-state index in [0.29, 0.717) is 10.2 Å². The van der Waals surface area contributed by atoms with Crippen LogP contribution < -0.4 is 10.5 Å². The Labute approximate surface area is 107 Å². The summed E-state index contributed by atoms with van der Waals surface area (Å²) in [6.07, 6.45) is 0. The maximum atomic E-state index is 11.8. The van der Waals surface area contributed by atoms with Gasteiger partial charge in [-0.1, -0.05) is 0 Å². The molecule has 0 aliphatic carbocycles. The van der Waals surface area contributed by atoms with Gasteiger partial charge in [-0.3, -0.25) is 4.79 Å². The predicted octanol–water partition coefficient (Wildman–Crippen LogP) is 0.483. The summed E-state index contributed by atoms with van der Waals surface area (Å²) in [7, 11) is -2.59. The van der Waals surface area contributed by atoms with Crippen LogP contribution in [0.5, 0.6) is 0 Å². The van der Waals surface area contributed by atoms with Crippen LogP contribution in [0.3, 0.4) is 0 Å². The highest BCUT2D eigenvalue weighted by molar-refractivity contribution is 9.10. The van der Waals surface area contributed by atoms with E-state index < -0.39 is 22.5 Å². The van der Waals surface area contributed by atoms with E-state index in [1.165, 1.54) is 25.3 Å². The number of halogens is 1. The Hall–Kier alpha value is -1.12. The molecule has 0 saturated heterocycles. The molecule has 0 heterocycles. The van der Waals surface area contributed by atoms with E-state index in [9.17, 15) is 13.2 Å². The second-order valence-electron chi connectivity index (χ2n) is 3.09. The maximum absolute atomic E-state index is 11.8. The molecule has 0 aliphatic rings. The molecule has 8 heteroatoms. The molecule has 0 aromatic heterocycles. The minimum absolute atomic E-state index is 0.00982. The highest BCUT2D eigenvalue weighted by Crippen LogP contribution is 2.23. The van der Waals surface area contributed by atoms with Gasteiger partial charge in [-0.25, -0.2) is 8.42 Å². The number of nitrogen functional groups attached to an aromatic ring is 1. The normalized spacial score (nSPS) is 11.2. The summed E-state index contributed by atoms with van der Waals surface area (Å²) in [6.45, 7) is -0.421. The topological polar surface area (TPSA) is 98.5 Å². The van der Waals surface area contributed by atoms with Crippen molar-refractivity contribution in [1.82, 2.24) is 4.72 Å². The molecule has 6 nitrogen and oxygen atoms in total. The summed E-state index contributed by atoms with van der Waals surface area (Å²) in [5, 5.41) is 0. The van der Waals surface area contributed by atoms with Crippen LogP contribution in [0, 0.1) is 0 Å². The van der Waals surface area contributed by atoms with Gasteiger partial charge < -0.3 is 10.5 Å². The lowest BCUT2D eigenvalue weighted by molar-refractivity contribution is -0.139. The van der Waals surface area contributed by atoms with Crippen LogP contribution in [0.4, 0.5) is 5.69 Å². The maximum Gasteiger partial charge on any atom is 0.320 e. The number of methoxy groups -OCH3 is 1. The smallest absolute Gasteiger partial charge is 0.320 e. The van der Waals surface area contributed by atoms with Crippen molar-refractivity contribution in [3.8, 4) is 0 Å². The summed E-state index contributed by atoms with van der Waals surface area (Å²) in [5.74, 6) is -0.667. The Bertz CT molecular complexity index is 530. The quantitative estimate of drug-likeness (QED) is 0.620. The average molecular weight is 323 g/mol. The molecule has 0 bridgehead atoms. The van der Waals surface area contributed by atoms with Crippen molar-refractivity contribution in [2.45, 2.75) is 4.90 Å². The lowest BCUT2D eigenvalue weighted by atomic mass is 10.3. The van der Waals surface area contributed by atoms with Crippen LogP contribution in [0.15, 0.2) is 27.6 Å². The number of benzene rings is 1. The first-order valence-corrected chi connectivity index (χ1v) is 6.76. The van der Waals surface area contributed by atoms with Crippen molar-refractivity contribution >= 4 is 37.6 Å². The van der Waals surface area contributed by atoms with Crippen LogP contribution in [0.2, 0.25) is 0 Å².